The van der Waals surface area contributed by atoms with E-state index in [4.69, 9.17) is 0 Å². The number of halogens is 3. The Bertz CT molecular complexity index is 635. The second-order valence-corrected chi connectivity index (χ2v) is 4.25. The summed E-state index contributed by atoms with van der Waals surface area (Å²) in [6.45, 7) is 0. The van der Waals surface area contributed by atoms with Crippen LogP contribution in [0.5, 0.6) is 0 Å². The zero-order chi connectivity index (χ0) is 14.8. The molecule has 104 valence electrons. The van der Waals surface area contributed by atoms with Crippen LogP contribution in [0.15, 0.2) is 42.5 Å². The van der Waals surface area contributed by atoms with Gasteiger partial charge in [-0.3, -0.25) is 4.79 Å². The van der Waals surface area contributed by atoms with E-state index in [1.165, 1.54) is 6.07 Å². The van der Waals surface area contributed by atoms with E-state index >= 15 is 0 Å². The molecule has 2 rings (SSSR count). The van der Waals surface area contributed by atoms with Gasteiger partial charge in [0.05, 0.1) is 5.56 Å². The predicted octanol–water partition coefficient (Wildman–Crippen LogP) is 4.23. The van der Waals surface area contributed by atoms with E-state index in [2.05, 4.69) is 5.32 Å². The van der Waals surface area contributed by atoms with Gasteiger partial charge in [-0.15, -0.1) is 0 Å². The minimum atomic E-state index is -4.39. The highest BCUT2D eigenvalue weighted by Crippen LogP contribution is 2.34. The summed E-state index contributed by atoms with van der Waals surface area (Å²) in [4.78, 5) is 10.8. The molecule has 0 unspecified atom stereocenters. The molecular formula is C15H12F3NO. The molecule has 2 aromatic carbocycles. The van der Waals surface area contributed by atoms with Crippen LogP contribution < -0.4 is 5.32 Å². The second-order valence-electron chi connectivity index (χ2n) is 4.25. The van der Waals surface area contributed by atoms with Crippen molar-refractivity contribution >= 4 is 12.0 Å². The first-order valence-electron chi connectivity index (χ1n) is 5.90. The lowest BCUT2D eigenvalue weighted by molar-refractivity contribution is -0.137. The van der Waals surface area contributed by atoms with Gasteiger partial charge in [0.2, 0.25) is 0 Å². The summed E-state index contributed by atoms with van der Waals surface area (Å²) in [6.07, 6.45) is -3.73. The maximum Gasteiger partial charge on any atom is 0.416 e. The molecule has 20 heavy (non-hydrogen) atoms. The number of rotatable bonds is 3. The molecule has 0 radical (unpaired) electrons. The van der Waals surface area contributed by atoms with Crippen molar-refractivity contribution in [2.24, 2.45) is 0 Å². The largest absolute Gasteiger partial charge is 0.416 e. The zero-order valence-electron chi connectivity index (χ0n) is 10.7. The second kappa shape index (κ2) is 5.36. The van der Waals surface area contributed by atoms with E-state index in [1.807, 2.05) is 0 Å². The Labute approximate surface area is 114 Å². The van der Waals surface area contributed by atoms with Crippen LogP contribution >= 0.6 is 0 Å². The number of carbonyl (C=O) groups is 1. The van der Waals surface area contributed by atoms with Gasteiger partial charge in [0.25, 0.3) is 0 Å². The number of benzene rings is 2. The van der Waals surface area contributed by atoms with Gasteiger partial charge < -0.3 is 5.32 Å². The molecule has 0 fully saturated rings. The van der Waals surface area contributed by atoms with Gasteiger partial charge in [-0.2, -0.15) is 13.2 Å². The van der Waals surface area contributed by atoms with Crippen molar-refractivity contribution in [1.29, 1.82) is 0 Å². The van der Waals surface area contributed by atoms with E-state index in [1.54, 1.807) is 31.3 Å². The highest BCUT2D eigenvalue weighted by Gasteiger charge is 2.30. The lowest BCUT2D eigenvalue weighted by Gasteiger charge is -2.12. The van der Waals surface area contributed by atoms with Crippen LogP contribution in [0.25, 0.3) is 11.1 Å². The molecule has 0 heterocycles. The van der Waals surface area contributed by atoms with E-state index in [9.17, 15) is 18.0 Å². The van der Waals surface area contributed by atoms with Crippen molar-refractivity contribution in [3.63, 3.8) is 0 Å². The molecular weight excluding hydrogens is 267 g/mol. The molecule has 1 N–H and O–H groups in total. The van der Waals surface area contributed by atoms with Gasteiger partial charge in [-0.1, -0.05) is 12.1 Å². The summed E-state index contributed by atoms with van der Waals surface area (Å²) in [7, 11) is 1.67. The van der Waals surface area contributed by atoms with Crippen LogP contribution in [0.4, 0.5) is 18.9 Å². The standard InChI is InChI=1S/C15H12F3NO/c1-19-14-6-5-10(9-20)7-13(14)11-3-2-4-12(8-11)15(16,17)18/h2-9,19H,1H3. The first-order chi connectivity index (χ1) is 9.45. The number of anilines is 1. The molecule has 0 aliphatic heterocycles. The first kappa shape index (κ1) is 14.1. The van der Waals surface area contributed by atoms with Crippen molar-refractivity contribution < 1.29 is 18.0 Å². The average molecular weight is 279 g/mol. The summed E-state index contributed by atoms with van der Waals surface area (Å²) >= 11 is 0. The summed E-state index contributed by atoms with van der Waals surface area (Å²) in [6, 6.07) is 9.87. The Morgan fingerprint density at radius 1 is 1.10 bits per heavy atom. The average Bonchev–Trinajstić information content (AvgIpc) is 2.45. The highest BCUT2D eigenvalue weighted by molar-refractivity contribution is 5.85. The van der Waals surface area contributed by atoms with Crippen LogP contribution in [-0.2, 0) is 6.18 Å². The number of nitrogens with one attached hydrogen (secondary N) is 1. The SMILES string of the molecule is CNc1ccc(C=O)cc1-c1cccc(C(F)(F)F)c1. The maximum atomic E-state index is 12.7. The molecule has 2 nitrogen and oxygen atoms in total. The molecule has 0 aliphatic carbocycles. The fraction of sp³-hybridized carbons (Fsp3) is 0.133. The third-order valence-corrected chi connectivity index (χ3v) is 2.95. The van der Waals surface area contributed by atoms with Crippen LogP contribution in [0.3, 0.4) is 0 Å². The number of hydrogen-bond donors (Lipinski definition) is 1. The number of alkyl halides is 3. The van der Waals surface area contributed by atoms with Crippen LogP contribution in [0.2, 0.25) is 0 Å². The van der Waals surface area contributed by atoms with Gasteiger partial charge in [0.1, 0.15) is 6.29 Å². The van der Waals surface area contributed by atoms with Crippen LogP contribution in [-0.4, -0.2) is 13.3 Å². The molecule has 0 amide bonds. The van der Waals surface area contributed by atoms with Crippen LogP contribution in [0, 0.1) is 0 Å². The summed E-state index contributed by atoms with van der Waals surface area (Å²) in [5, 5.41) is 2.91. The monoisotopic (exact) mass is 279 g/mol. The Balaban J connectivity index is 2.58. The summed E-state index contributed by atoms with van der Waals surface area (Å²) < 4.78 is 38.2. The smallest absolute Gasteiger partial charge is 0.388 e. The molecule has 0 saturated heterocycles. The molecule has 0 saturated carbocycles. The first-order valence-corrected chi connectivity index (χ1v) is 5.90. The molecule has 5 heteroatoms. The number of aldehydes is 1. The molecule has 0 spiro atoms. The zero-order valence-corrected chi connectivity index (χ0v) is 10.7. The number of hydrogen-bond acceptors (Lipinski definition) is 2. The molecule has 0 atom stereocenters. The molecule has 2 aromatic rings. The Morgan fingerprint density at radius 2 is 1.85 bits per heavy atom. The Hall–Kier alpha value is -2.30. The third-order valence-electron chi connectivity index (χ3n) is 2.95. The van der Waals surface area contributed by atoms with Gasteiger partial charge in [-0.05, 0) is 35.9 Å². The molecule has 0 bridgehead atoms. The van der Waals surface area contributed by atoms with Crippen molar-refractivity contribution in [1.82, 2.24) is 0 Å². The van der Waals surface area contributed by atoms with Gasteiger partial charge >= 0.3 is 6.18 Å². The van der Waals surface area contributed by atoms with E-state index in [0.29, 0.717) is 28.7 Å². The lowest BCUT2D eigenvalue weighted by Crippen LogP contribution is -2.04. The fourth-order valence-electron chi connectivity index (χ4n) is 1.96. The lowest BCUT2D eigenvalue weighted by atomic mass is 9.99. The highest BCUT2D eigenvalue weighted by atomic mass is 19.4. The van der Waals surface area contributed by atoms with Gasteiger partial charge in [0.15, 0.2) is 0 Å². The fourth-order valence-corrected chi connectivity index (χ4v) is 1.96. The van der Waals surface area contributed by atoms with Crippen molar-refractivity contribution in [2.75, 3.05) is 12.4 Å². The molecule has 0 aliphatic rings. The van der Waals surface area contributed by atoms with Gasteiger partial charge in [0, 0.05) is 23.9 Å². The van der Waals surface area contributed by atoms with Gasteiger partial charge in [-0.25, -0.2) is 0 Å². The third kappa shape index (κ3) is 2.82. The maximum absolute atomic E-state index is 12.7. The Morgan fingerprint density at radius 3 is 2.45 bits per heavy atom. The molecule has 0 aromatic heterocycles. The summed E-state index contributed by atoms with van der Waals surface area (Å²) in [5.41, 5.74) is 1.33. The quantitative estimate of drug-likeness (QED) is 0.852. The summed E-state index contributed by atoms with van der Waals surface area (Å²) in [5.74, 6) is 0. The van der Waals surface area contributed by atoms with Crippen molar-refractivity contribution in [3.8, 4) is 11.1 Å². The topological polar surface area (TPSA) is 29.1 Å². The van der Waals surface area contributed by atoms with Crippen molar-refractivity contribution in [3.05, 3.63) is 53.6 Å². The normalized spacial score (nSPS) is 11.2. The minimum absolute atomic E-state index is 0.410. The van der Waals surface area contributed by atoms with Crippen LogP contribution in [0.1, 0.15) is 15.9 Å². The number of carbonyl (C=O) groups excluding carboxylic acids is 1. The predicted molar refractivity (Wildman–Crippen MR) is 71.8 cm³/mol. The minimum Gasteiger partial charge on any atom is -0.388 e. The van der Waals surface area contributed by atoms with E-state index in [-0.39, 0.29) is 0 Å². The van der Waals surface area contributed by atoms with Crippen molar-refractivity contribution in [2.45, 2.75) is 6.18 Å². The Kier molecular flexibility index (Phi) is 3.79. The van der Waals surface area contributed by atoms with E-state index in [0.717, 1.165) is 12.1 Å². The van der Waals surface area contributed by atoms with E-state index < -0.39 is 11.7 Å².